The normalized spacial score (nSPS) is 22.9. The zero-order valence-electron chi connectivity index (χ0n) is 15.7. The highest BCUT2D eigenvalue weighted by molar-refractivity contribution is 5.70. The van der Waals surface area contributed by atoms with Crippen molar-refractivity contribution < 1.29 is 38.0 Å². The Labute approximate surface area is 174 Å². The topological polar surface area (TPSA) is 193 Å². The maximum absolute atomic E-state index is 14.1. The zero-order valence-corrected chi connectivity index (χ0v) is 15.7. The number of aromatic hydroxyl groups is 1. The summed E-state index contributed by atoms with van der Waals surface area (Å²) in [7, 11) is 0. The number of nitriles is 1. The molecule has 15 heteroatoms. The molecule has 0 radical (unpaired) electrons. The number of hydrogen-bond acceptors (Lipinski definition) is 10. The van der Waals surface area contributed by atoms with Crippen molar-refractivity contribution in [3.05, 3.63) is 39.7 Å². The fourth-order valence-electron chi connectivity index (χ4n) is 3.25. The summed E-state index contributed by atoms with van der Waals surface area (Å²) in [5, 5.41) is 38.8. The largest absolute Gasteiger partial charge is 0.504 e. The molecule has 1 aromatic carbocycles. The monoisotopic (exact) mass is 454 g/mol. The van der Waals surface area contributed by atoms with Crippen molar-refractivity contribution in [2.24, 2.45) is 0 Å². The number of aromatic nitrogens is 4. The van der Waals surface area contributed by atoms with Gasteiger partial charge < -0.3 is 30.5 Å². The Hall–Kier alpha value is -3.87. The highest BCUT2D eigenvalue weighted by atomic mass is 19.2. The molecular formula is C17H13F3N6O6. The number of nitrogen functional groups attached to an aromatic ring is 1. The number of rotatable bonds is 4. The molecule has 0 unspecified atom stereocenters. The number of nitrogens with two attached hydrogens (primary N) is 1. The van der Waals surface area contributed by atoms with Crippen LogP contribution in [0.4, 0.5) is 19.1 Å². The van der Waals surface area contributed by atoms with Crippen LogP contribution in [0.3, 0.4) is 0 Å². The van der Waals surface area contributed by atoms with E-state index in [0.717, 1.165) is 17.0 Å². The quantitative estimate of drug-likeness (QED) is 0.318. The molecule has 0 spiro atoms. The number of halogens is 3. The van der Waals surface area contributed by atoms with Gasteiger partial charge in [-0.2, -0.15) is 19.0 Å². The van der Waals surface area contributed by atoms with E-state index in [4.69, 9.17) is 20.5 Å². The van der Waals surface area contributed by atoms with E-state index in [9.17, 15) is 33.3 Å². The minimum atomic E-state index is -1.87. The molecule has 1 saturated heterocycles. The lowest BCUT2D eigenvalue weighted by atomic mass is 10.1. The van der Waals surface area contributed by atoms with Crippen LogP contribution in [-0.2, 0) is 4.74 Å². The van der Waals surface area contributed by atoms with Crippen LogP contribution >= 0.6 is 0 Å². The van der Waals surface area contributed by atoms with Crippen LogP contribution in [-0.4, -0.2) is 59.8 Å². The molecule has 1 aliphatic heterocycles. The van der Waals surface area contributed by atoms with Crippen molar-refractivity contribution in [1.82, 2.24) is 19.5 Å². The van der Waals surface area contributed by atoms with Gasteiger partial charge in [0.2, 0.25) is 17.6 Å². The number of aliphatic hydroxyl groups is 2. The van der Waals surface area contributed by atoms with E-state index in [-0.39, 0.29) is 17.1 Å². The van der Waals surface area contributed by atoms with Crippen LogP contribution in [0.15, 0.2) is 11.1 Å². The SMILES string of the molecule is N#Cc1c(O)c(F)c(OC[C@H]2O[C@@H](n3cnc4c(=O)[nH]c(N)nc43)[C@H](O)[C@@H]2O)c(F)c1F. The third-order valence-corrected chi connectivity index (χ3v) is 4.82. The van der Waals surface area contributed by atoms with Gasteiger partial charge in [-0.05, 0) is 0 Å². The second-order valence-corrected chi connectivity index (χ2v) is 6.74. The third-order valence-electron chi connectivity index (χ3n) is 4.82. The molecule has 32 heavy (non-hydrogen) atoms. The van der Waals surface area contributed by atoms with Crippen molar-refractivity contribution in [1.29, 1.82) is 5.26 Å². The molecule has 4 atom stereocenters. The number of benzene rings is 1. The minimum absolute atomic E-state index is 0.0692. The van der Waals surface area contributed by atoms with Crippen LogP contribution in [0.2, 0.25) is 0 Å². The van der Waals surface area contributed by atoms with E-state index < -0.39 is 71.2 Å². The van der Waals surface area contributed by atoms with Gasteiger partial charge in [-0.15, -0.1) is 0 Å². The highest BCUT2D eigenvalue weighted by Crippen LogP contribution is 2.36. The Morgan fingerprint density at radius 2 is 2.00 bits per heavy atom. The number of phenols is 1. The summed E-state index contributed by atoms with van der Waals surface area (Å²) in [5.41, 5.74) is 3.41. The molecule has 6 N–H and O–H groups in total. The van der Waals surface area contributed by atoms with Gasteiger partial charge in [0.15, 0.2) is 34.7 Å². The number of nitrogens with zero attached hydrogens (tertiary/aromatic N) is 4. The summed E-state index contributed by atoms with van der Waals surface area (Å²) >= 11 is 0. The lowest BCUT2D eigenvalue weighted by Crippen LogP contribution is -2.34. The predicted octanol–water partition coefficient (Wildman–Crippen LogP) is -0.605. The molecule has 0 bridgehead atoms. The lowest BCUT2D eigenvalue weighted by molar-refractivity contribution is -0.0482. The molecule has 0 saturated carbocycles. The molecule has 2 aromatic heterocycles. The second-order valence-electron chi connectivity index (χ2n) is 6.74. The van der Waals surface area contributed by atoms with Crippen LogP contribution < -0.4 is 16.0 Å². The van der Waals surface area contributed by atoms with Gasteiger partial charge in [0.05, 0.1) is 6.33 Å². The van der Waals surface area contributed by atoms with Crippen molar-refractivity contribution in [3.8, 4) is 17.6 Å². The number of aromatic amines is 1. The van der Waals surface area contributed by atoms with Crippen molar-refractivity contribution in [2.75, 3.05) is 12.3 Å². The second kappa shape index (κ2) is 7.67. The summed E-state index contributed by atoms with van der Waals surface area (Å²) in [6.07, 6.45) is -4.92. The van der Waals surface area contributed by atoms with Crippen molar-refractivity contribution >= 4 is 17.1 Å². The molecule has 12 nitrogen and oxygen atoms in total. The van der Waals surface area contributed by atoms with Gasteiger partial charge in [-0.25, -0.2) is 9.37 Å². The Morgan fingerprint density at radius 3 is 2.69 bits per heavy atom. The van der Waals surface area contributed by atoms with Crippen LogP contribution in [0.1, 0.15) is 11.8 Å². The first kappa shape index (κ1) is 21.4. The molecule has 0 aliphatic carbocycles. The van der Waals surface area contributed by atoms with E-state index in [0.29, 0.717) is 0 Å². The fraction of sp³-hybridized carbons (Fsp3) is 0.294. The zero-order chi connectivity index (χ0) is 23.3. The average Bonchev–Trinajstić information content (AvgIpc) is 3.29. The van der Waals surface area contributed by atoms with Gasteiger partial charge >= 0.3 is 0 Å². The number of hydrogen-bond donors (Lipinski definition) is 5. The smallest absolute Gasteiger partial charge is 0.280 e. The Bertz CT molecular complexity index is 1290. The third kappa shape index (κ3) is 3.17. The average molecular weight is 454 g/mol. The van der Waals surface area contributed by atoms with Gasteiger partial charge in [0.25, 0.3) is 5.56 Å². The molecule has 168 valence electrons. The molecular weight excluding hydrogens is 441 g/mol. The van der Waals surface area contributed by atoms with Gasteiger partial charge in [-0.3, -0.25) is 14.3 Å². The number of aliphatic hydroxyl groups excluding tert-OH is 2. The van der Waals surface area contributed by atoms with Crippen LogP contribution in [0.25, 0.3) is 11.2 Å². The minimum Gasteiger partial charge on any atom is -0.504 e. The first-order chi connectivity index (χ1) is 15.1. The predicted molar refractivity (Wildman–Crippen MR) is 96.7 cm³/mol. The van der Waals surface area contributed by atoms with Gasteiger partial charge in [-0.1, -0.05) is 0 Å². The molecule has 3 heterocycles. The number of fused-ring (bicyclic) bond motifs is 1. The Balaban J connectivity index is 1.60. The first-order valence-electron chi connectivity index (χ1n) is 8.81. The maximum Gasteiger partial charge on any atom is 0.280 e. The molecule has 4 rings (SSSR count). The molecule has 1 aliphatic rings. The standard InChI is InChI=1S/C17H13F3N6O6/c18-6-4(1-21)10(27)8(20)13(7(6)19)31-2-5-11(28)12(29)16(32-5)26-3-23-9-14(26)24-17(22)25-15(9)30/h3,5,11-12,16,27-29H,2H2,(H3,22,24,25,30)/t5-,11-,12-,16-/m1/s1. The van der Waals surface area contributed by atoms with E-state index >= 15 is 0 Å². The number of ether oxygens (including phenoxy) is 2. The maximum atomic E-state index is 14.1. The first-order valence-corrected chi connectivity index (χ1v) is 8.81. The van der Waals surface area contributed by atoms with Gasteiger partial charge in [0, 0.05) is 0 Å². The van der Waals surface area contributed by atoms with E-state index in [1.165, 1.54) is 0 Å². The van der Waals surface area contributed by atoms with Crippen molar-refractivity contribution in [2.45, 2.75) is 24.5 Å². The van der Waals surface area contributed by atoms with E-state index in [2.05, 4.69) is 15.0 Å². The molecule has 0 amide bonds. The Kier molecular flexibility index (Phi) is 5.12. The number of phenolic OH excluding ortho intramolecular Hbond substituents is 1. The van der Waals surface area contributed by atoms with E-state index in [1.807, 2.05) is 0 Å². The van der Waals surface area contributed by atoms with E-state index in [1.54, 1.807) is 0 Å². The number of nitrogens with one attached hydrogen (secondary N) is 1. The summed E-state index contributed by atoms with van der Waals surface area (Å²) < 4.78 is 53.5. The molecule has 3 aromatic rings. The summed E-state index contributed by atoms with van der Waals surface area (Å²) in [6, 6.07) is 1.12. The summed E-state index contributed by atoms with van der Waals surface area (Å²) in [5.74, 6) is -8.48. The molecule has 1 fully saturated rings. The van der Waals surface area contributed by atoms with Crippen LogP contribution in [0.5, 0.6) is 11.5 Å². The Morgan fingerprint density at radius 1 is 1.28 bits per heavy atom. The highest BCUT2D eigenvalue weighted by Gasteiger charge is 2.45. The van der Waals surface area contributed by atoms with Gasteiger partial charge in [0.1, 0.15) is 36.6 Å². The fourth-order valence-corrected chi connectivity index (χ4v) is 3.25. The number of H-pyrrole nitrogens is 1. The summed E-state index contributed by atoms with van der Waals surface area (Å²) in [4.78, 5) is 21.9. The number of imidazole rings is 1. The van der Waals surface area contributed by atoms with Crippen molar-refractivity contribution in [3.63, 3.8) is 0 Å². The number of anilines is 1. The summed E-state index contributed by atoms with van der Waals surface area (Å²) in [6.45, 7) is -0.796. The lowest BCUT2D eigenvalue weighted by Gasteiger charge is -2.17. The van der Waals surface area contributed by atoms with Crippen LogP contribution in [0, 0.1) is 28.8 Å².